The average molecular weight is 302 g/mol. The fourth-order valence-corrected chi connectivity index (χ4v) is 1.31. The van der Waals surface area contributed by atoms with E-state index in [2.05, 4.69) is 50.0 Å². The number of carbonyl (C=O) groups excluding carboxylic acids is 2. The second-order valence-corrected chi connectivity index (χ2v) is 4.27. The van der Waals surface area contributed by atoms with Gasteiger partial charge in [0.25, 0.3) is 10.5 Å². The first-order valence-electron chi connectivity index (χ1n) is 5.83. The molecule has 0 heterocycles. The molecule has 0 spiro atoms. The summed E-state index contributed by atoms with van der Waals surface area (Å²) in [6, 6.07) is 10.3. The molecule has 0 unspecified atom stereocenters. The highest BCUT2D eigenvalue weighted by atomic mass is 32.1. The normalized spacial score (nSPS) is 8.26. The molecule has 1 rings (SSSR count). The minimum atomic E-state index is -0.639. The molecule has 0 aliphatic rings. The molecule has 1 aromatic carbocycles. The van der Waals surface area contributed by atoms with Crippen molar-refractivity contribution in [2.75, 3.05) is 13.1 Å². The fourth-order valence-electron chi connectivity index (χ4n) is 1.03. The Labute approximate surface area is 126 Å². The predicted octanol–water partition coefficient (Wildman–Crippen LogP) is 3.37. The molecule has 0 fully saturated rings. The Morgan fingerprint density at radius 3 is 1.58 bits per heavy atom. The number of rotatable bonds is 2. The van der Waals surface area contributed by atoms with Crippen molar-refractivity contribution in [2.24, 2.45) is 5.73 Å². The van der Waals surface area contributed by atoms with Gasteiger partial charge in [-0.15, -0.1) is 0 Å². The Morgan fingerprint density at radius 1 is 1.11 bits per heavy atom. The summed E-state index contributed by atoms with van der Waals surface area (Å²) in [5.41, 5.74) is 5.66. The Balaban J connectivity index is 0. The third-order valence-electron chi connectivity index (χ3n) is 1.97. The van der Waals surface area contributed by atoms with Crippen molar-refractivity contribution in [3.05, 3.63) is 35.9 Å². The molecule has 6 heteroatoms. The van der Waals surface area contributed by atoms with Crippen molar-refractivity contribution in [1.29, 1.82) is 0 Å². The molecule has 19 heavy (non-hydrogen) atoms. The van der Waals surface area contributed by atoms with Crippen molar-refractivity contribution in [2.45, 2.75) is 20.8 Å². The van der Waals surface area contributed by atoms with Crippen LogP contribution in [-0.2, 0) is 0 Å². The third kappa shape index (κ3) is 16.9. The first-order chi connectivity index (χ1) is 8.84. The molecular weight excluding hydrogens is 280 g/mol. The van der Waals surface area contributed by atoms with Gasteiger partial charge in [-0.25, -0.2) is 0 Å². The number of thiol groups is 2. The molecular formula is C13H22N2O2S2. The second-order valence-electron chi connectivity index (χ2n) is 3.45. The van der Waals surface area contributed by atoms with Crippen molar-refractivity contribution in [3.63, 3.8) is 0 Å². The summed E-state index contributed by atoms with van der Waals surface area (Å²) < 4.78 is 0. The molecule has 0 saturated carbocycles. The molecule has 0 saturated heterocycles. The van der Waals surface area contributed by atoms with Gasteiger partial charge in [-0.05, 0) is 20.8 Å². The van der Waals surface area contributed by atoms with Crippen LogP contribution in [-0.4, -0.2) is 28.5 Å². The van der Waals surface area contributed by atoms with Gasteiger partial charge in [0.15, 0.2) is 0 Å². The number of primary amides is 1. The molecule has 1 aromatic rings. The van der Waals surface area contributed by atoms with Crippen LogP contribution < -0.4 is 5.73 Å². The Hall–Kier alpha value is -1.14. The Bertz CT molecular complexity index is 351. The maximum absolute atomic E-state index is 10.4. The highest BCUT2D eigenvalue weighted by Gasteiger charge is 2.00. The zero-order chi connectivity index (χ0) is 15.3. The van der Waals surface area contributed by atoms with Gasteiger partial charge in [0.05, 0.1) is 0 Å². The van der Waals surface area contributed by atoms with E-state index in [1.54, 1.807) is 4.90 Å². The average Bonchev–Trinajstić information content (AvgIpc) is 2.31. The van der Waals surface area contributed by atoms with Crippen LogP contribution in [0.1, 0.15) is 19.4 Å². The highest BCUT2D eigenvalue weighted by Crippen LogP contribution is 1.93. The number of hydrogen-bond acceptors (Lipinski definition) is 2. The molecule has 4 nitrogen and oxygen atoms in total. The van der Waals surface area contributed by atoms with Gasteiger partial charge in [0.1, 0.15) is 0 Å². The van der Waals surface area contributed by atoms with E-state index >= 15 is 0 Å². The van der Waals surface area contributed by atoms with E-state index in [1.807, 2.05) is 32.0 Å². The quantitative estimate of drug-likeness (QED) is 0.733. The Morgan fingerprint density at radius 2 is 1.47 bits per heavy atom. The van der Waals surface area contributed by atoms with Crippen LogP contribution in [0, 0.1) is 6.92 Å². The van der Waals surface area contributed by atoms with E-state index in [0.717, 1.165) is 13.1 Å². The number of nitrogens with two attached hydrogens (primary N) is 1. The SMILES string of the molecule is CCN(CC)C(=O)S.Cc1ccccc1.NC(=O)S. The molecule has 0 aliphatic heterocycles. The lowest BCUT2D eigenvalue weighted by Gasteiger charge is -2.13. The molecule has 0 bridgehead atoms. The lowest BCUT2D eigenvalue weighted by atomic mass is 10.2. The molecule has 2 N–H and O–H groups in total. The largest absolute Gasteiger partial charge is 0.361 e. The molecule has 108 valence electrons. The van der Waals surface area contributed by atoms with Crippen LogP contribution in [0.5, 0.6) is 0 Å². The van der Waals surface area contributed by atoms with E-state index in [0.29, 0.717) is 0 Å². The predicted molar refractivity (Wildman–Crippen MR) is 87.1 cm³/mol. The van der Waals surface area contributed by atoms with Crippen molar-refractivity contribution >= 4 is 35.7 Å². The highest BCUT2D eigenvalue weighted by molar-refractivity contribution is 7.96. The van der Waals surface area contributed by atoms with Gasteiger partial charge in [-0.1, -0.05) is 61.2 Å². The van der Waals surface area contributed by atoms with E-state index in [9.17, 15) is 4.79 Å². The van der Waals surface area contributed by atoms with Crippen molar-refractivity contribution in [3.8, 4) is 0 Å². The standard InChI is InChI=1S/C7H8.C5H11NOS.CH3NOS/c1-7-5-3-2-4-6-7;1-3-6(4-2)5(7)8;2-1(3)4/h2-6H,1H3;3-4H2,1-2H3,(H,7,8);(H3,2,3,4). The zero-order valence-corrected chi connectivity index (χ0v) is 13.3. The number of amides is 2. The molecule has 0 aromatic heterocycles. The van der Waals surface area contributed by atoms with Crippen LogP contribution in [0.3, 0.4) is 0 Å². The van der Waals surface area contributed by atoms with Crippen LogP contribution in [0.2, 0.25) is 0 Å². The maximum atomic E-state index is 10.4. The second kappa shape index (κ2) is 13.3. The van der Waals surface area contributed by atoms with Gasteiger partial charge in [-0.3, -0.25) is 9.59 Å². The number of benzene rings is 1. The summed E-state index contributed by atoms with van der Waals surface area (Å²) in [6.07, 6.45) is 0. The van der Waals surface area contributed by atoms with Crippen molar-refractivity contribution in [1.82, 2.24) is 4.90 Å². The molecule has 2 amide bonds. The van der Waals surface area contributed by atoms with Gasteiger partial charge >= 0.3 is 0 Å². The lowest BCUT2D eigenvalue weighted by Crippen LogP contribution is -2.24. The number of carbonyl (C=O) groups is 2. The topological polar surface area (TPSA) is 63.4 Å². The lowest BCUT2D eigenvalue weighted by molar-refractivity contribution is 0.229. The van der Waals surface area contributed by atoms with Crippen LogP contribution >= 0.6 is 25.3 Å². The zero-order valence-electron chi connectivity index (χ0n) is 11.5. The summed E-state index contributed by atoms with van der Waals surface area (Å²) in [4.78, 5) is 21.1. The number of nitrogens with zero attached hydrogens (tertiary/aromatic N) is 1. The van der Waals surface area contributed by atoms with Gasteiger partial charge in [0, 0.05) is 13.1 Å². The summed E-state index contributed by atoms with van der Waals surface area (Å²) in [7, 11) is 0. The monoisotopic (exact) mass is 302 g/mol. The third-order valence-corrected chi connectivity index (χ3v) is 2.26. The van der Waals surface area contributed by atoms with E-state index in [1.165, 1.54) is 5.56 Å². The summed E-state index contributed by atoms with van der Waals surface area (Å²) in [5, 5.41) is -0.782. The van der Waals surface area contributed by atoms with Crippen molar-refractivity contribution < 1.29 is 9.59 Å². The van der Waals surface area contributed by atoms with E-state index < -0.39 is 5.24 Å². The molecule has 0 atom stereocenters. The minimum Gasteiger partial charge on any atom is -0.361 e. The first kappa shape index (κ1) is 20.2. The molecule has 0 radical (unpaired) electrons. The van der Waals surface area contributed by atoms with Gasteiger partial charge < -0.3 is 10.6 Å². The number of aryl methyl sites for hydroxylation is 1. The minimum absolute atomic E-state index is 0.144. The van der Waals surface area contributed by atoms with Gasteiger partial charge in [-0.2, -0.15) is 0 Å². The van der Waals surface area contributed by atoms with Crippen LogP contribution in [0.25, 0.3) is 0 Å². The smallest absolute Gasteiger partial charge is 0.278 e. The summed E-state index contributed by atoms with van der Waals surface area (Å²) in [5.74, 6) is 0. The van der Waals surface area contributed by atoms with Crippen LogP contribution in [0.4, 0.5) is 9.59 Å². The van der Waals surface area contributed by atoms with Crippen LogP contribution in [0.15, 0.2) is 30.3 Å². The summed E-state index contributed by atoms with van der Waals surface area (Å²) >= 11 is 6.75. The van der Waals surface area contributed by atoms with E-state index in [4.69, 9.17) is 4.79 Å². The van der Waals surface area contributed by atoms with Gasteiger partial charge in [0.2, 0.25) is 0 Å². The Kier molecular flexibility index (Phi) is 14.1. The molecule has 0 aliphatic carbocycles. The number of hydrogen-bond donors (Lipinski definition) is 3. The fraction of sp³-hybridized carbons (Fsp3) is 0.385. The summed E-state index contributed by atoms with van der Waals surface area (Å²) in [6.45, 7) is 7.44. The van der Waals surface area contributed by atoms with E-state index in [-0.39, 0.29) is 5.24 Å². The maximum Gasteiger partial charge on any atom is 0.278 e. The first-order valence-corrected chi connectivity index (χ1v) is 6.72.